The number of aryl methyl sites for hydroxylation is 1. The highest BCUT2D eigenvalue weighted by atomic mass is 16.5. The number of hydrogen-bond donors (Lipinski definition) is 2. The molecule has 188 valence electrons. The number of para-hydroxylation sites is 2. The number of hydrogen-bond acceptors (Lipinski definition) is 5. The molecule has 7 nitrogen and oxygen atoms in total. The second kappa shape index (κ2) is 12.6. The first-order chi connectivity index (χ1) is 18.5. The van der Waals surface area contributed by atoms with Crippen LogP contribution >= 0.6 is 0 Å². The average Bonchev–Trinajstić information content (AvgIpc) is 2.93. The second-order valence-electron chi connectivity index (χ2n) is 8.27. The lowest BCUT2D eigenvalue weighted by molar-refractivity contribution is -0.128. The minimum absolute atomic E-state index is 0.247. The van der Waals surface area contributed by atoms with Crippen LogP contribution in [0.5, 0.6) is 5.75 Å². The van der Waals surface area contributed by atoms with E-state index in [2.05, 4.69) is 15.8 Å². The Bertz CT molecular complexity index is 1510. The van der Waals surface area contributed by atoms with Crippen LogP contribution in [0.2, 0.25) is 0 Å². The van der Waals surface area contributed by atoms with Gasteiger partial charge in [-0.3, -0.25) is 9.59 Å². The highest BCUT2D eigenvalue weighted by molar-refractivity contribution is 6.09. The van der Waals surface area contributed by atoms with Crippen molar-refractivity contribution in [2.24, 2.45) is 5.10 Å². The van der Waals surface area contributed by atoms with Gasteiger partial charge in [0.1, 0.15) is 5.75 Å². The number of carbonyl (C=O) groups excluding carboxylic acids is 3. The standard InChI is InChI=1S/C31H25N3O4/c1-22-10-9-14-24(20-22)30(36)33-27-16-7-6-15-26(27)31(37)34-32-21-25-13-5-8-17-28(25)38-29(35)19-18-23-11-3-2-4-12-23/h2-21H,1H3,(H,33,36)(H,34,37)/b19-18+,32-21-. The lowest BCUT2D eigenvalue weighted by atomic mass is 10.1. The van der Waals surface area contributed by atoms with Crippen molar-refractivity contribution in [3.05, 3.63) is 137 Å². The van der Waals surface area contributed by atoms with Gasteiger partial charge in [-0.05, 0) is 55.0 Å². The zero-order chi connectivity index (χ0) is 26.7. The number of carbonyl (C=O) groups is 3. The van der Waals surface area contributed by atoms with Crippen LogP contribution in [0.15, 0.2) is 114 Å². The summed E-state index contributed by atoms with van der Waals surface area (Å²) in [4.78, 5) is 37.8. The van der Waals surface area contributed by atoms with Crippen molar-refractivity contribution in [3.63, 3.8) is 0 Å². The first-order valence-corrected chi connectivity index (χ1v) is 11.8. The van der Waals surface area contributed by atoms with Crippen molar-refractivity contribution in [1.82, 2.24) is 5.43 Å². The van der Waals surface area contributed by atoms with Gasteiger partial charge >= 0.3 is 5.97 Å². The number of amides is 2. The number of anilines is 1. The van der Waals surface area contributed by atoms with Crippen LogP contribution in [0.4, 0.5) is 5.69 Å². The molecule has 4 aromatic rings. The molecule has 0 atom stereocenters. The molecule has 0 saturated heterocycles. The Kier molecular flexibility index (Phi) is 8.55. The quantitative estimate of drug-likeness (QED) is 0.107. The molecule has 0 aliphatic rings. The average molecular weight is 504 g/mol. The molecule has 2 N–H and O–H groups in total. The summed E-state index contributed by atoms with van der Waals surface area (Å²) in [6.07, 6.45) is 4.39. The molecule has 0 radical (unpaired) electrons. The van der Waals surface area contributed by atoms with E-state index in [4.69, 9.17) is 4.74 Å². The fraction of sp³-hybridized carbons (Fsp3) is 0.0323. The monoisotopic (exact) mass is 503 g/mol. The minimum Gasteiger partial charge on any atom is -0.423 e. The Morgan fingerprint density at radius 2 is 1.53 bits per heavy atom. The highest BCUT2D eigenvalue weighted by Gasteiger charge is 2.14. The van der Waals surface area contributed by atoms with Gasteiger partial charge in [0, 0.05) is 17.2 Å². The number of benzene rings is 4. The fourth-order valence-electron chi connectivity index (χ4n) is 3.54. The minimum atomic E-state index is -0.544. The van der Waals surface area contributed by atoms with E-state index in [-0.39, 0.29) is 11.5 Å². The lowest BCUT2D eigenvalue weighted by Crippen LogP contribution is -2.21. The van der Waals surface area contributed by atoms with E-state index < -0.39 is 11.9 Å². The summed E-state index contributed by atoms with van der Waals surface area (Å²) in [6, 6.07) is 30.0. The van der Waals surface area contributed by atoms with Crippen molar-refractivity contribution in [1.29, 1.82) is 0 Å². The first-order valence-electron chi connectivity index (χ1n) is 11.8. The Labute approximate surface area is 220 Å². The number of ether oxygens (including phenoxy) is 1. The first kappa shape index (κ1) is 25.8. The molecule has 0 spiro atoms. The maximum absolute atomic E-state index is 12.8. The van der Waals surface area contributed by atoms with Crippen LogP contribution in [-0.4, -0.2) is 24.0 Å². The number of nitrogens with one attached hydrogen (secondary N) is 2. The van der Waals surface area contributed by atoms with Crippen LogP contribution < -0.4 is 15.5 Å². The van der Waals surface area contributed by atoms with Gasteiger partial charge in [0.05, 0.1) is 17.5 Å². The Balaban J connectivity index is 1.41. The molecule has 0 heterocycles. The summed E-state index contributed by atoms with van der Waals surface area (Å²) in [5.74, 6) is -1.09. The third kappa shape index (κ3) is 7.11. The van der Waals surface area contributed by atoms with E-state index in [0.717, 1.165) is 11.1 Å². The van der Waals surface area contributed by atoms with Crippen LogP contribution in [-0.2, 0) is 4.79 Å². The van der Waals surface area contributed by atoms with Crippen molar-refractivity contribution < 1.29 is 19.1 Å². The van der Waals surface area contributed by atoms with E-state index in [1.807, 2.05) is 43.3 Å². The molecule has 0 aliphatic carbocycles. The van der Waals surface area contributed by atoms with E-state index in [0.29, 0.717) is 22.6 Å². The van der Waals surface area contributed by atoms with Gasteiger partial charge in [-0.2, -0.15) is 5.10 Å². The van der Waals surface area contributed by atoms with Crippen LogP contribution in [0.3, 0.4) is 0 Å². The zero-order valence-electron chi connectivity index (χ0n) is 20.6. The molecule has 0 saturated carbocycles. The number of hydrazone groups is 1. The smallest absolute Gasteiger partial charge is 0.336 e. The van der Waals surface area contributed by atoms with Crippen LogP contribution in [0, 0.1) is 6.92 Å². The molecule has 0 unspecified atom stereocenters. The maximum atomic E-state index is 12.8. The normalized spacial score (nSPS) is 10.9. The van der Waals surface area contributed by atoms with E-state index in [9.17, 15) is 14.4 Å². The molecular weight excluding hydrogens is 478 g/mol. The van der Waals surface area contributed by atoms with Crippen molar-refractivity contribution in [2.75, 3.05) is 5.32 Å². The summed E-state index contributed by atoms with van der Waals surface area (Å²) in [5, 5.41) is 6.80. The molecule has 4 aromatic carbocycles. The second-order valence-corrected chi connectivity index (χ2v) is 8.27. The molecule has 2 amide bonds. The van der Waals surface area contributed by atoms with Crippen molar-refractivity contribution >= 4 is 35.8 Å². The third-order valence-corrected chi connectivity index (χ3v) is 5.41. The number of rotatable bonds is 8. The Morgan fingerprint density at radius 3 is 2.34 bits per heavy atom. The van der Waals surface area contributed by atoms with Crippen molar-refractivity contribution in [2.45, 2.75) is 6.92 Å². The van der Waals surface area contributed by atoms with Gasteiger partial charge in [0.15, 0.2) is 0 Å². The fourth-order valence-corrected chi connectivity index (χ4v) is 3.54. The Morgan fingerprint density at radius 1 is 0.789 bits per heavy atom. The Hall–Kier alpha value is -5.30. The van der Waals surface area contributed by atoms with Crippen LogP contribution in [0.1, 0.15) is 37.4 Å². The zero-order valence-corrected chi connectivity index (χ0v) is 20.6. The van der Waals surface area contributed by atoms with E-state index in [1.54, 1.807) is 72.8 Å². The molecule has 0 aromatic heterocycles. The molecule has 7 heteroatoms. The SMILES string of the molecule is Cc1cccc(C(=O)Nc2ccccc2C(=O)N/N=C\c2ccccc2OC(=O)/C=C/c2ccccc2)c1. The highest BCUT2D eigenvalue weighted by Crippen LogP contribution is 2.18. The largest absolute Gasteiger partial charge is 0.423 e. The van der Waals surface area contributed by atoms with Gasteiger partial charge in [-0.25, -0.2) is 10.2 Å². The topological polar surface area (TPSA) is 96.9 Å². The van der Waals surface area contributed by atoms with Gasteiger partial charge in [0.25, 0.3) is 11.8 Å². The van der Waals surface area contributed by atoms with Gasteiger partial charge in [0.2, 0.25) is 0 Å². The third-order valence-electron chi connectivity index (χ3n) is 5.41. The summed E-state index contributed by atoms with van der Waals surface area (Å²) >= 11 is 0. The maximum Gasteiger partial charge on any atom is 0.336 e. The molecule has 0 aliphatic heterocycles. The molecule has 4 rings (SSSR count). The van der Waals surface area contributed by atoms with Gasteiger partial charge in [-0.1, -0.05) is 72.3 Å². The predicted molar refractivity (Wildman–Crippen MR) is 148 cm³/mol. The molecule has 0 bridgehead atoms. The summed E-state index contributed by atoms with van der Waals surface area (Å²) in [6.45, 7) is 1.90. The van der Waals surface area contributed by atoms with Crippen molar-refractivity contribution in [3.8, 4) is 5.75 Å². The number of esters is 1. The predicted octanol–water partition coefficient (Wildman–Crippen LogP) is 5.63. The molecule has 38 heavy (non-hydrogen) atoms. The van der Waals surface area contributed by atoms with Gasteiger partial charge < -0.3 is 10.1 Å². The summed E-state index contributed by atoms with van der Waals surface area (Å²) in [7, 11) is 0. The number of nitrogens with zero attached hydrogens (tertiary/aromatic N) is 1. The van der Waals surface area contributed by atoms with E-state index >= 15 is 0 Å². The molecular formula is C31H25N3O4. The van der Waals surface area contributed by atoms with E-state index in [1.165, 1.54) is 12.3 Å². The van der Waals surface area contributed by atoms with Gasteiger partial charge in [-0.15, -0.1) is 0 Å². The summed E-state index contributed by atoms with van der Waals surface area (Å²) in [5.41, 5.74) is 5.87. The summed E-state index contributed by atoms with van der Waals surface area (Å²) < 4.78 is 5.45. The molecule has 0 fully saturated rings. The lowest BCUT2D eigenvalue weighted by Gasteiger charge is -2.10. The van der Waals surface area contributed by atoms with Crippen LogP contribution in [0.25, 0.3) is 6.08 Å².